The number of aromatic nitrogens is 2. The molecule has 0 saturated carbocycles. The Hall–Kier alpha value is -3.54. The van der Waals surface area contributed by atoms with E-state index in [9.17, 15) is 8.78 Å². The molecular weight excluding hydrogens is 348 g/mol. The molecule has 3 aromatic carbocycles. The van der Waals surface area contributed by atoms with Gasteiger partial charge in [0.25, 0.3) is 0 Å². The van der Waals surface area contributed by atoms with Gasteiger partial charge in [-0.15, -0.1) is 10.2 Å². The summed E-state index contributed by atoms with van der Waals surface area (Å²) in [6, 6.07) is 20.8. The minimum atomic E-state index is -0.558. The average molecular weight is 363 g/mol. The molecule has 0 spiro atoms. The molecule has 0 saturated heterocycles. The van der Waals surface area contributed by atoms with Crippen LogP contribution in [0.5, 0.6) is 0 Å². The topological polar surface area (TPSA) is 51.0 Å². The third-order valence-corrected chi connectivity index (χ3v) is 4.05. The van der Waals surface area contributed by atoms with Gasteiger partial charge >= 0.3 is 0 Å². The Morgan fingerprint density at radius 3 is 2.30 bits per heavy atom. The van der Waals surface area contributed by atoms with E-state index in [2.05, 4.69) is 15.5 Å². The average Bonchev–Trinajstić information content (AvgIpc) is 3.18. The van der Waals surface area contributed by atoms with Crippen LogP contribution >= 0.6 is 0 Å². The normalized spacial score (nSPS) is 11.9. The molecule has 27 heavy (non-hydrogen) atoms. The summed E-state index contributed by atoms with van der Waals surface area (Å²) >= 11 is 0. The molecule has 0 aliphatic rings. The van der Waals surface area contributed by atoms with Crippen molar-refractivity contribution in [3.8, 4) is 11.5 Å². The van der Waals surface area contributed by atoms with Gasteiger partial charge in [0.1, 0.15) is 17.7 Å². The molecule has 0 bridgehead atoms. The van der Waals surface area contributed by atoms with E-state index in [0.717, 1.165) is 5.56 Å². The zero-order valence-corrected chi connectivity index (χ0v) is 14.1. The van der Waals surface area contributed by atoms with Crippen molar-refractivity contribution in [3.05, 3.63) is 102 Å². The molecule has 1 heterocycles. The van der Waals surface area contributed by atoms with E-state index in [1.54, 1.807) is 24.3 Å². The van der Waals surface area contributed by atoms with Gasteiger partial charge in [-0.05, 0) is 48.0 Å². The maximum Gasteiger partial charge on any atom is 0.247 e. The Balaban J connectivity index is 1.71. The first-order chi connectivity index (χ1) is 13.2. The van der Waals surface area contributed by atoms with Gasteiger partial charge in [-0.2, -0.15) is 0 Å². The summed E-state index contributed by atoms with van der Waals surface area (Å²) in [4.78, 5) is 0. The fourth-order valence-electron chi connectivity index (χ4n) is 2.74. The first-order valence-electron chi connectivity index (χ1n) is 8.35. The number of benzene rings is 3. The quantitative estimate of drug-likeness (QED) is 0.528. The first kappa shape index (κ1) is 16.9. The standard InChI is InChI=1S/C21H15F2N3O/c22-16-11-9-14(10-12-16)19(24-18-8-4-7-17(23)13-18)21-26-25-20(27-21)15-5-2-1-3-6-15/h1-13,19,24H/t19-/m0/s1. The van der Waals surface area contributed by atoms with Gasteiger partial charge in [-0.1, -0.05) is 36.4 Å². The number of halogens is 2. The van der Waals surface area contributed by atoms with Crippen LogP contribution in [0.1, 0.15) is 17.5 Å². The molecule has 1 atom stereocenters. The van der Waals surface area contributed by atoms with Crippen LogP contribution in [0, 0.1) is 11.6 Å². The van der Waals surface area contributed by atoms with E-state index in [1.165, 1.54) is 24.3 Å². The summed E-state index contributed by atoms with van der Waals surface area (Å²) in [5, 5.41) is 11.4. The Kier molecular flexibility index (Phi) is 4.61. The van der Waals surface area contributed by atoms with Crippen LogP contribution in [0.25, 0.3) is 11.5 Å². The van der Waals surface area contributed by atoms with Gasteiger partial charge in [0.2, 0.25) is 11.8 Å². The van der Waals surface area contributed by atoms with Crippen LogP contribution in [-0.4, -0.2) is 10.2 Å². The summed E-state index contributed by atoms with van der Waals surface area (Å²) in [5.74, 6) is -0.0457. The third kappa shape index (κ3) is 3.84. The molecule has 4 aromatic rings. The van der Waals surface area contributed by atoms with Crippen molar-refractivity contribution in [2.75, 3.05) is 5.32 Å². The van der Waals surface area contributed by atoms with Crippen molar-refractivity contribution in [1.29, 1.82) is 0 Å². The summed E-state index contributed by atoms with van der Waals surface area (Å²) in [7, 11) is 0. The maximum atomic E-state index is 13.6. The maximum absolute atomic E-state index is 13.6. The molecule has 1 aromatic heterocycles. The van der Waals surface area contributed by atoms with Gasteiger partial charge < -0.3 is 9.73 Å². The number of rotatable bonds is 5. The zero-order chi connectivity index (χ0) is 18.6. The van der Waals surface area contributed by atoms with E-state index < -0.39 is 6.04 Å². The highest BCUT2D eigenvalue weighted by Gasteiger charge is 2.22. The smallest absolute Gasteiger partial charge is 0.247 e. The number of hydrogen-bond donors (Lipinski definition) is 1. The Labute approximate surface area is 154 Å². The monoisotopic (exact) mass is 363 g/mol. The minimum absolute atomic E-state index is 0.296. The Morgan fingerprint density at radius 2 is 1.56 bits per heavy atom. The van der Waals surface area contributed by atoms with Gasteiger partial charge in [0.05, 0.1) is 0 Å². The van der Waals surface area contributed by atoms with E-state index in [1.807, 2.05) is 30.3 Å². The highest BCUT2D eigenvalue weighted by molar-refractivity contribution is 5.52. The lowest BCUT2D eigenvalue weighted by atomic mass is 10.1. The predicted octanol–water partition coefficient (Wildman–Crippen LogP) is 5.22. The SMILES string of the molecule is Fc1ccc([C@H](Nc2cccc(F)c2)c2nnc(-c3ccccc3)o2)cc1. The molecule has 6 heteroatoms. The fraction of sp³-hybridized carbons (Fsp3) is 0.0476. The number of nitrogens with zero attached hydrogens (tertiary/aromatic N) is 2. The second-order valence-corrected chi connectivity index (χ2v) is 5.95. The van der Waals surface area contributed by atoms with Gasteiger partial charge in [-0.25, -0.2) is 8.78 Å². The van der Waals surface area contributed by atoms with Crippen molar-refractivity contribution in [1.82, 2.24) is 10.2 Å². The summed E-state index contributed by atoms with van der Waals surface area (Å²) in [6.07, 6.45) is 0. The second kappa shape index (κ2) is 7.37. The summed E-state index contributed by atoms with van der Waals surface area (Å²) < 4.78 is 32.7. The van der Waals surface area contributed by atoms with E-state index in [4.69, 9.17) is 4.42 Å². The first-order valence-corrected chi connectivity index (χ1v) is 8.35. The lowest BCUT2D eigenvalue weighted by molar-refractivity contribution is 0.493. The van der Waals surface area contributed by atoms with Crippen molar-refractivity contribution in [2.45, 2.75) is 6.04 Å². The largest absolute Gasteiger partial charge is 0.418 e. The molecule has 1 N–H and O–H groups in total. The number of hydrogen-bond acceptors (Lipinski definition) is 4. The van der Waals surface area contributed by atoms with Gasteiger partial charge in [0, 0.05) is 11.3 Å². The second-order valence-electron chi connectivity index (χ2n) is 5.95. The van der Waals surface area contributed by atoms with E-state index in [-0.39, 0.29) is 11.6 Å². The number of nitrogens with one attached hydrogen (secondary N) is 1. The Bertz CT molecular complexity index is 1030. The zero-order valence-electron chi connectivity index (χ0n) is 14.1. The Morgan fingerprint density at radius 1 is 0.778 bits per heavy atom. The lowest BCUT2D eigenvalue weighted by Crippen LogP contribution is -2.13. The molecule has 134 valence electrons. The van der Waals surface area contributed by atoms with Crippen molar-refractivity contribution < 1.29 is 13.2 Å². The van der Waals surface area contributed by atoms with Crippen molar-refractivity contribution in [3.63, 3.8) is 0 Å². The molecule has 0 amide bonds. The van der Waals surface area contributed by atoms with Crippen LogP contribution in [0.15, 0.2) is 83.3 Å². The van der Waals surface area contributed by atoms with E-state index in [0.29, 0.717) is 23.0 Å². The molecule has 0 unspecified atom stereocenters. The molecular formula is C21H15F2N3O. The molecule has 0 aliphatic carbocycles. The molecule has 0 radical (unpaired) electrons. The van der Waals surface area contributed by atoms with Crippen LogP contribution < -0.4 is 5.32 Å². The highest BCUT2D eigenvalue weighted by Crippen LogP contribution is 2.28. The summed E-state index contributed by atoms with van der Waals surface area (Å²) in [5.41, 5.74) is 2.05. The van der Waals surface area contributed by atoms with Gasteiger partial charge in [0.15, 0.2) is 0 Å². The predicted molar refractivity (Wildman–Crippen MR) is 98.0 cm³/mol. The molecule has 4 nitrogen and oxygen atoms in total. The van der Waals surface area contributed by atoms with Gasteiger partial charge in [-0.3, -0.25) is 0 Å². The van der Waals surface area contributed by atoms with Crippen molar-refractivity contribution in [2.24, 2.45) is 0 Å². The van der Waals surface area contributed by atoms with Crippen LogP contribution in [0.2, 0.25) is 0 Å². The highest BCUT2D eigenvalue weighted by atomic mass is 19.1. The van der Waals surface area contributed by atoms with Crippen LogP contribution in [0.3, 0.4) is 0 Å². The van der Waals surface area contributed by atoms with Crippen LogP contribution in [-0.2, 0) is 0 Å². The van der Waals surface area contributed by atoms with Crippen molar-refractivity contribution >= 4 is 5.69 Å². The van der Waals surface area contributed by atoms with Crippen LogP contribution in [0.4, 0.5) is 14.5 Å². The molecule has 4 rings (SSSR count). The van der Waals surface area contributed by atoms with E-state index >= 15 is 0 Å². The fourth-order valence-corrected chi connectivity index (χ4v) is 2.74. The molecule has 0 aliphatic heterocycles. The number of anilines is 1. The minimum Gasteiger partial charge on any atom is -0.418 e. The molecule has 0 fully saturated rings. The third-order valence-electron chi connectivity index (χ3n) is 4.05. The lowest BCUT2D eigenvalue weighted by Gasteiger charge is -2.17. The summed E-state index contributed by atoms with van der Waals surface area (Å²) in [6.45, 7) is 0.